The Morgan fingerprint density at radius 2 is 1.72 bits per heavy atom. The number of ether oxygens (including phenoxy) is 1. The molecule has 0 spiro atoms. The molecule has 0 N–H and O–H groups in total. The smallest absolute Gasteiger partial charge is 0.247 e. The van der Waals surface area contributed by atoms with Crippen LogP contribution in [0.3, 0.4) is 0 Å². The third-order valence-electron chi connectivity index (χ3n) is 5.77. The monoisotopic (exact) mass is 399 g/mol. The lowest BCUT2D eigenvalue weighted by Crippen LogP contribution is -2.52. The summed E-state index contributed by atoms with van der Waals surface area (Å²) in [6.07, 6.45) is 0. The van der Waals surface area contributed by atoms with Gasteiger partial charge in [-0.1, -0.05) is 17.7 Å². The lowest BCUT2D eigenvalue weighted by atomic mass is 10.1. The summed E-state index contributed by atoms with van der Waals surface area (Å²) in [5, 5.41) is 8.48. The van der Waals surface area contributed by atoms with E-state index in [1.807, 2.05) is 29.2 Å². The van der Waals surface area contributed by atoms with Gasteiger partial charge in [0.25, 0.3) is 0 Å². The number of carbonyl (C=O) groups is 1. The van der Waals surface area contributed by atoms with E-state index >= 15 is 0 Å². The van der Waals surface area contributed by atoms with Crippen molar-refractivity contribution in [2.45, 2.75) is 19.9 Å². The van der Waals surface area contributed by atoms with Crippen LogP contribution in [-0.2, 0) is 9.53 Å². The summed E-state index contributed by atoms with van der Waals surface area (Å²) >= 11 is 0. The van der Waals surface area contributed by atoms with Crippen molar-refractivity contribution in [3.63, 3.8) is 0 Å². The number of aromatic nitrogens is 2. The molecule has 29 heavy (non-hydrogen) atoms. The number of morpholine rings is 1. The van der Waals surface area contributed by atoms with Crippen molar-refractivity contribution in [2.24, 2.45) is 0 Å². The third-order valence-corrected chi connectivity index (χ3v) is 5.77. The van der Waals surface area contributed by atoms with Crippen molar-refractivity contribution >= 4 is 5.91 Å². The van der Waals surface area contributed by atoms with Crippen LogP contribution in [0.25, 0.3) is 11.5 Å². The normalized spacial score (nSPS) is 20.0. The summed E-state index contributed by atoms with van der Waals surface area (Å²) in [4.78, 5) is 19.0. The molecule has 1 aromatic carbocycles. The summed E-state index contributed by atoms with van der Waals surface area (Å²) in [6, 6.07) is 8.09. The maximum atomic E-state index is 12.6. The van der Waals surface area contributed by atoms with Gasteiger partial charge in [-0.2, -0.15) is 0 Å². The van der Waals surface area contributed by atoms with Gasteiger partial charge in [0.05, 0.1) is 25.8 Å². The molecule has 1 atom stereocenters. The summed E-state index contributed by atoms with van der Waals surface area (Å²) in [7, 11) is 0. The molecular formula is C21H29N5O3. The Bertz CT molecular complexity index is 808. The molecule has 156 valence electrons. The van der Waals surface area contributed by atoms with Crippen LogP contribution in [0.4, 0.5) is 0 Å². The fourth-order valence-corrected chi connectivity index (χ4v) is 3.78. The van der Waals surface area contributed by atoms with E-state index in [1.165, 1.54) is 5.56 Å². The van der Waals surface area contributed by atoms with Gasteiger partial charge in [-0.25, -0.2) is 0 Å². The van der Waals surface area contributed by atoms with Crippen molar-refractivity contribution in [3.8, 4) is 11.5 Å². The first-order valence-electron chi connectivity index (χ1n) is 10.3. The molecule has 2 aliphatic heterocycles. The van der Waals surface area contributed by atoms with Gasteiger partial charge in [0.15, 0.2) is 0 Å². The molecule has 0 saturated carbocycles. The summed E-state index contributed by atoms with van der Waals surface area (Å²) in [6.45, 7) is 10.8. The fraction of sp³-hybridized carbons (Fsp3) is 0.571. The second-order valence-electron chi connectivity index (χ2n) is 7.79. The topological polar surface area (TPSA) is 74.9 Å². The van der Waals surface area contributed by atoms with E-state index in [0.29, 0.717) is 31.5 Å². The Labute approximate surface area is 171 Å². The van der Waals surface area contributed by atoms with Gasteiger partial charge >= 0.3 is 0 Å². The molecule has 1 amide bonds. The number of benzene rings is 1. The molecule has 2 saturated heterocycles. The highest BCUT2D eigenvalue weighted by Crippen LogP contribution is 2.25. The van der Waals surface area contributed by atoms with Gasteiger partial charge in [0.2, 0.25) is 17.7 Å². The molecule has 0 radical (unpaired) electrons. The van der Waals surface area contributed by atoms with Gasteiger partial charge in [0, 0.05) is 44.8 Å². The molecule has 8 nitrogen and oxygen atoms in total. The van der Waals surface area contributed by atoms with E-state index in [4.69, 9.17) is 9.15 Å². The molecule has 2 aliphatic rings. The second-order valence-corrected chi connectivity index (χ2v) is 7.79. The number of rotatable bonds is 5. The minimum absolute atomic E-state index is 0.0261. The summed E-state index contributed by atoms with van der Waals surface area (Å²) < 4.78 is 11.3. The van der Waals surface area contributed by atoms with Crippen LogP contribution in [0.5, 0.6) is 0 Å². The van der Waals surface area contributed by atoms with Gasteiger partial charge in [0.1, 0.15) is 0 Å². The highest BCUT2D eigenvalue weighted by molar-refractivity contribution is 5.78. The van der Waals surface area contributed by atoms with Crippen molar-refractivity contribution in [3.05, 3.63) is 35.7 Å². The van der Waals surface area contributed by atoms with E-state index in [2.05, 4.69) is 33.8 Å². The van der Waals surface area contributed by atoms with Gasteiger partial charge < -0.3 is 14.1 Å². The van der Waals surface area contributed by atoms with Gasteiger partial charge in [-0.05, 0) is 26.0 Å². The predicted octanol–water partition coefficient (Wildman–Crippen LogP) is 1.58. The molecule has 8 heteroatoms. The van der Waals surface area contributed by atoms with Crippen molar-refractivity contribution < 1.29 is 13.9 Å². The largest absolute Gasteiger partial charge is 0.419 e. The zero-order valence-corrected chi connectivity index (χ0v) is 17.2. The number of hydrogen-bond donors (Lipinski definition) is 0. The summed E-state index contributed by atoms with van der Waals surface area (Å²) in [5.41, 5.74) is 2.13. The Balaban J connectivity index is 1.30. The van der Waals surface area contributed by atoms with E-state index in [-0.39, 0.29) is 11.9 Å². The number of carbonyl (C=O) groups excluding carboxylic acids is 1. The number of nitrogens with zero attached hydrogens (tertiary/aromatic N) is 5. The number of hydrogen-bond acceptors (Lipinski definition) is 7. The Hall–Kier alpha value is -2.29. The molecular weight excluding hydrogens is 370 g/mol. The van der Waals surface area contributed by atoms with Crippen LogP contribution >= 0.6 is 0 Å². The molecule has 0 unspecified atom stereocenters. The Morgan fingerprint density at radius 3 is 2.41 bits per heavy atom. The molecule has 0 bridgehead atoms. The maximum absolute atomic E-state index is 12.6. The van der Waals surface area contributed by atoms with Crippen molar-refractivity contribution in [1.82, 2.24) is 24.9 Å². The minimum Gasteiger partial charge on any atom is -0.419 e. The predicted molar refractivity (Wildman–Crippen MR) is 108 cm³/mol. The SMILES string of the molecule is Cc1ccc(-c2nnc([C@@H](C)N3CCN(C(=O)CN4CCOCC4)CC3)o2)cc1. The maximum Gasteiger partial charge on any atom is 0.247 e. The lowest BCUT2D eigenvalue weighted by molar-refractivity contribution is -0.135. The lowest BCUT2D eigenvalue weighted by Gasteiger charge is -2.38. The molecule has 4 rings (SSSR count). The molecule has 1 aromatic heterocycles. The van der Waals surface area contributed by atoms with Crippen LogP contribution in [0.2, 0.25) is 0 Å². The van der Waals surface area contributed by atoms with E-state index < -0.39 is 0 Å². The summed E-state index contributed by atoms with van der Waals surface area (Å²) in [5.74, 6) is 1.37. The minimum atomic E-state index is 0.0261. The van der Waals surface area contributed by atoms with Crippen LogP contribution in [0.15, 0.2) is 28.7 Å². The van der Waals surface area contributed by atoms with E-state index in [9.17, 15) is 4.79 Å². The first kappa shape index (κ1) is 20.0. The van der Waals surface area contributed by atoms with Crippen molar-refractivity contribution in [2.75, 3.05) is 59.0 Å². The number of amides is 1. The Morgan fingerprint density at radius 1 is 1.03 bits per heavy atom. The van der Waals surface area contributed by atoms with E-state index in [1.54, 1.807) is 0 Å². The van der Waals surface area contributed by atoms with Crippen LogP contribution in [0, 0.1) is 6.92 Å². The zero-order chi connectivity index (χ0) is 20.2. The van der Waals surface area contributed by atoms with E-state index in [0.717, 1.165) is 44.8 Å². The van der Waals surface area contributed by atoms with Crippen LogP contribution in [0.1, 0.15) is 24.4 Å². The van der Waals surface area contributed by atoms with Crippen LogP contribution in [-0.4, -0.2) is 89.8 Å². The standard InChI is InChI=1S/C21H29N5O3/c1-16-3-5-18(6-4-16)21-23-22-20(29-21)17(2)25-7-9-26(10-8-25)19(27)15-24-11-13-28-14-12-24/h3-6,17H,7-15H2,1-2H3/t17-/m1/s1. The third kappa shape index (κ3) is 4.83. The highest BCUT2D eigenvalue weighted by atomic mass is 16.5. The second kappa shape index (κ2) is 9.02. The average Bonchev–Trinajstić information content (AvgIpc) is 3.25. The van der Waals surface area contributed by atoms with Crippen molar-refractivity contribution in [1.29, 1.82) is 0 Å². The molecule has 2 aromatic rings. The Kier molecular flexibility index (Phi) is 6.22. The molecule has 3 heterocycles. The first-order valence-corrected chi connectivity index (χ1v) is 10.3. The van der Waals surface area contributed by atoms with Gasteiger partial charge in [-0.3, -0.25) is 14.6 Å². The highest BCUT2D eigenvalue weighted by Gasteiger charge is 2.28. The molecule has 2 fully saturated rings. The fourth-order valence-electron chi connectivity index (χ4n) is 3.78. The number of aryl methyl sites for hydroxylation is 1. The quantitative estimate of drug-likeness (QED) is 0.756. The van der Waals surface area contributed by atoms with Gasteiger partial charge in [-0.15, -0.1) is 10.2 Å². The first-order chi connectivity index (χ1) is 14.1. The van der Waals surface area contributed by atoms with Crippen LogP contribution < -0.4 is 0 Å². The average molecular weight is 399 g/mol. The molecule has 0 aliphatic carbocycles. The zero-order valence-electron chi connectivity index (χ0n) is 17.2. The number of piperazine rings is 1.